The number of nitrogens with zero attached hydrogens (tertiary/aromatic N) is 1. The Morgan fingerprint density at radius 2 is 2.41 bits per heavy atom. The molecule has 92 valence electrons. The number of rotatable bonds is 2. The average Bonchev–Trinajstić information content (AvgIpc) is 2.75. The molecule has 0 radical (unpaired) electrons. The number of aromatic nitrogens is 2. The van der Waals surface area contributed by atoms with Crippen molar-refractivity contribution in [1.82, 2.24) is 9.97 Å². The van der Waals surface area contributed by atoms with E-state index in [1.807, 2.05) is 0 Å². The fourth-order valence-electron chi connectivity index (χ4n) is 2.61. The van der Waals surface area contributed by atoms with Crippen molar-refractivity contribution in [3.05, 3.63) is 16.7 Å². The molecular weight excluding hydrogens is 222 g/mol. The van der Waals surface area contributed by atoms with E-state index in [-0.39, 0.29) is 29.4 Å². The molecule has 7 nitrogen and oxygen atoms in total. The Labute approximate surface area is 97.6 Å². The van der Waals surface area contributed by atoms with Crippen LogP contribution in [0.4, 0.5) is 11.5 Å². The molecule has 1 aromatic rings. The van der Waals surface area contributed by atoms with E-state index in [0.717, 1.165) is 13.0 Å². The summed E-state index contributed by atoms with van der Waals surface area (Å²) >= 11 is 0. The Morgan fingerprint density at radius 1 is 1.59 bits per heavy atom. The first kappa shape index (κ1) is 10.5. The number of H-pyrrole nitrogens is 1. The molecule has 1 aliphatic heterocycles. The van der Waals surface area contributed by atoms with E-state index >= 15 is 0 Å². The quantitative estimate of drug-likeness (QED) is 0.517. The number of nitrogens with two attached hydrogens (primary N) is 2. The molecule has 4 unspecified atom stereocenters. The van der Waals surface area contributed by atoms with Crippen LogP contribution in [0.15, 0.2) is 11.1 Å². The number of hydrogen-bond acceptors (Lipinski definition) is 6. The predicted molar refractivity (Wildman–Crippen MR) is 62.5 cm³/mol. The fourth-order valence-corrected chi connectivity index (χ4v) is 2.61. The van der Waals surface area contributed by atoms with Crippen molar-refractivity contribution >= 4 is 11.5 Å². The fraction of sp³-hybridized carbons (Fsp3) is 0.600. The zero-order valence-corrected chi connectivity index (χ0v) is 9.22. The maximum Gasteiger partial charge on any atom is 0.276 e. The van der Waals surface area contributed by atoms with Gasteiger partial charge in [-0.15, -0.1) is 0 Å². The van der Waals surface area contributed by atoms with Gasteiger partial charge in [-0.1, -0.05) is 0 Å². The number of hydrogen-bond donors (Lipinski definition) is 4. The number of nitrogens with one attached hydrogen (secondary N) is 2. The maximum atomic E-state index is 11.3. The second kappa shape index (κ2) is 3.71. The zero-order chi connectivity index (χ0) is 12.0. The van der Waals surface area contributed by atoms with Gasteiger partial charge in [-0.05, 0) is 6.42 Å². The van der Waals surface area contributed by atoms with E-state index in [0.29, 0.717) is 11.7 Å². The van der Waals surface area contributed by atoms with Crippen molar-refractivity contribution in [1.29, 1.82) is 0 Å². The summed E-state index contributed by atoms with van der Waals surface area (Å²) in [6, 6.07) is 0.0158. The monoisotopic (exact) mass is 237 g/mol. The van der Waals surface area contributed by atoms with Crippen LogP contribution >= 0.6 is 0 Å². The largest absolute Gasteiger partial charge is 0.391 e. The van der Waals surface area contributed by atoms with Gasteiger partial charge < -0.3 is 26.5 Å². The number of nitrogen functional groups attached to an aromatic ring is 1. The van der Waals surface area contributed by atoms with E-state index in [2.05, 4.69) is 15.3 Å². The highest BCUT2D eigenvalue weighted by Crippen LogP contribution is 2.39. The molecule has 0 aromatic carbocycles. The normalized spacial score (nSPS) is 35.1. The van der Waals surface area contributed by atoms with Crippen LogP contribution in [0.5, 0.6) is 0 Å². The van der Waals surface area contributed by atoms with Gasteiger partial charge in [-0.25, -0.2) is 4.98 Å². The van der Waals surface area contributed by atoms with Crippen molar-refractivity contribution in [3.8, 4) is 0 Å². The number of aromatic amines is 1. The highest BCUT2D eigenvalue weighted by atomic mass is 16.5. The summed E-state index contributed by atoms with van der Waals surface area (Å²) in [5.41, 5.74) is 11.4. The molecule has 17 heavy (non-hydrogen) atoms. The first-order valence-electron chi connectivity index (χ1n) is 5.65. The standard InChI is InChI=1S/C10H15N5O2/c11-5-4-1-2-17-8(4)7(5)15-9-6(12)10(16)14-3-13-9/h3-5,7-8H,1-2,11-12H2,(H2,13,14,15,16). The van der Waals surface area contributed by atoms with Gasteiger partial charge in [0.1, 0.15) is 5.69 Å². The summed E-state index contributed by atoms with van der Waals surface area (Å²) in [6.45, 7) is 0.750. The van der Waals surface area contributed by atoms with Crippen molar-refractivity contribution in [2.45, 2.75) is 24.6 Å². The van der Waals surface area contributed by atoms with Crippen molar-refractivity contribution in [2.75, 3.05) is 17.7 Å². The van der Waals surface area contributed by atoms with Gasteiger partial charge >= 0.3 is 0 Å². The van der Waals surface area contributed by atoms with Gasteiger partial charge in [0.25, 0.3) is 5.56 Å². The van der Waals surface area contributed by atoms with E-state index in [1.165, 1.54) is 6.33 Å². The van der Waals surface area contributed by atoms with Crippen molar-refractivity contribution < 1.29 is 4.74 Å². The molecule has 6 N–H and O–H groups in total. The topological polar surface area (TPSA) is 119 Å². The van der Waals surface area contributed by atoms with E-state index in [4.69, 9.17) is 16.2 Å². The van der Waals surface area contributed by atoms with Gasteiger partial charge in [0, 0.05) is 18.6 Å². The summed E-state index contributed by atoms with van der Waals surface area (Å²) in [5.74, 6) is 0.791. The third-order valence-corrected chi connectivity index (χ3v) is 3.64. The molecule has 2 fully saturated rings. The summed E-state index contributed by atoms with van der Waals surface area (Å²) in [7, 11) is 0. The van der Waals surface area contributed by atoms with Gasteiger partial charge in [0.15, 0.2) is 5.82 Å². The minimum absolute atomic E-state index is 0.0147. The minimum Gasteiger partial charge on any atom is -0.391 e. The summed E-state index contributed by atoms with van der Waals surface area (Å²) in [4.78, 5) is 17.7. The molecule has 3 rings (SSSR count). The molecule has 0 bridgehead atoms. The molecular formula is C10H15N5O2. The van der Waals surface area contributed by atoms with Crippen molar-refractivity contribution in [3.63, 3.8) is 0 Å². The highest BCUT2D eigenvalue weighted by molar-refractivity contribution is 5.60. The third kappa shape index (κ3) is 1.50. The number of anilines is 2. The maximum absolute atomic E-state index is 11.3. The van der Waals surface area contributed by atoms with E-state index in [9.17, 15) is 4.79 Å². The van der Waals surface area contributed by atoms with Gasteiger partial charge in [-0.2, -0.15) is 0 Å². The van der Waals surface area contributed by atoms with Crippen LogP contribution in [-0.2, 0) is 4.74 Å². The lowest BCUT2D eigenvalue weighted by molar-refractivity contribution is 0.00526. The third-order valence-electron chi connectivity index (χ3n) is 3.64. The van der Waals surface area contributed by atoms with E-state index in [1.54, 1.807) is 0 Å². The van der Waals surface area contributed by atoms with Crippen LogP contribution in [-0.4, -0.2) is 34.8 Å². The molecule has 4 atom stereocenters. The number of fused-ring (bicyclic) bond motifs is 1. The summed E-state index contributed by atoms with van der Waals surface area (Å²) < 4.78 is 5.58. The summed E-state index contributed by atoms with van der Waals surface area (Å²) in [5, 5.41) is 3.10. The first-order valence-corrected chi connectivity index (χ1v) is 5.65. The molecule has 1 aromatic heterocycles. The van der Waals surface area contributed by atoms with E-state index < -0.39 is 0 Å². The lowest BCUT2D eigenvalue weighted by Crippen LogP contribution is -2.65. The molecule has 0 spiro atoms. The Hall–Kier alpha value is -1.60. The van der Waals surface area contributed by atoms with Crippen LogP contribution in [0.2, 0.25) is 0 Å². The van der Waals surface area contributed by atoms with Gasteiger partial charge in [-0.3, -0.25) is 4.79 Å². The molecule has 2 heterocycles. The van der Waals surface area contributed by atoms with Crippen LogP contribution in [0.3, 0.4) is 0 Å². The lowest BCUT2D eigenvalue weighted by atomic mass is 9.72. The molecule has 0 amide bonds. The van der Waals surface area contributed by atoms with Crippen LogP contribution in [0, 0.1) is 5.92 Å². The Kier molecular flexibility index (Phi) is 2.30. The molecule has 1 saturated heterocycles. The molecule has 7 heteroatoms. The molecule has 2 aliphatic rings. The highest BCUT2D eigenvalue weighted by Gasteiger charge is 2.52. The Balaban J connectivity index is 1.79. The van der Waals surface area contributed by atoms with Crippen LogP contribution in [0.25, 0.3) is 0 Å². The van der Waals surface area contributed by atoms with Gasteiger partial charge in [0.2, 0.25) is 0 Å². The lowest BCUT2D eigenvalue weighted by Gasteiger charge is -2.45. The zero-order valence-electron chi connectivity index (χ0n) is 9.22. The Morgan fingerprint density at radius 3 is 3.24 bits per heavy atom. The number of ether oxygens (including phenoxy) is 1. The second-order valence-electron chi connectivity index (χ2n) is 4.53. The van der Waals surface area contributed by atoms with Crippen LogP contribution in [0.1, 0.15) is 6.42 Å². The SMILES string of the molecule is Nc1c(NC2C(N)C3CCOC32)nc[nH]c1=O. The average molecular weight is 237 g/mol. The predicted octanol–water partition coefficient (Wildman–Crippen LogP) is -1.12. The molecule has 1 aliphatic carbocycles. The van der Waals surface area contributed by atoms with Crippen LogP contribution < -0.4 is 22.3 Å². The first-order chi connectivity index (χ1) is 8.18. The summed E-state index contributed by atoms with van der Waals surface area (Å²) in [6.07, 6.45) is 2.44. The Bertz CT molecular complexity index is 488. The van der Waals surface area contributed by atoms with Crippen molar-refractivity contribution in [2.24, 2.45) is 11.7 Å². The minimum atomic E-state index is -0.348. The molecule has 1 saturated carbocycles. The smallest absolute Gasteiger partial charge is 0.276 e. The van der Waals surface area contributed by atoms with Gasteiger partial charge in [0.05, 0.1) is 18.5 Å². The second-order valence-corrected chi connectivity index (χ2v) is 4.53.